The number of benzene rings is 1. The Hall–Kier alpha value is -1.56. The van der Waals surface area contributed by atoms with Crippen LogP contribution in [0.25, 0.3) is 0 Å². The molecule has 2 atom stereocenters. The van der Waals surface area contributed by atoms with Crippen LogP contribution in [-0.4, -0.2) is 22.9 Å². The van der Waals surface area contributed by atoms with Crippen LogP contribution in [0.2, 0.25) is 0 Å². The van der Waals surface area contributed by atoms with Gasteiger partial charge in [0.15, 0.2) is 11.6 Å². The van der Waals surface area contributed by atoms with E-state index in [-0.39, 0.29) is 23.9 Å². The first-order valence-corrected chi connectivity index (χ1v) is 6.20. The summed E-state index contributed by atoms with van der Waals surface area (Å²) in [4.78, 5) is 13.4. The molecule has 1 amide bonds. The third-order valence-electron chi connectivity index (χ3n) is 3.70. The summed E-state index contributed by atoms with van der Waals surface area (Å²) < 4.78 is 40.1. The topological polar surface area (TPSA) is 46.3 Å². The van der Waals surface area contributed by atoms with Gasteiger partial charge in [0.1, 0.15) is 5.82 Å². The molecule has 102 valence electrons. The van der Waals surface area contributed by atoms with Gasteiger partial charge in [-0.1, -0.05) is 0 Å². The van der Waals surface area contributed by atoms with E-state index in [9.17, 15) is 18.0 Å². The summed E-state index contributed by atoms with van der Waals surface area (Å²) in [6.45, 7) is 0. The highest BCUT2D eigenvalue weighted by Crippen LogP contribution is 2.42. The number of nitrogens with zero attached hydrogens (tertiary/aromatic N) is 1. The van der Waals surface area contributed by atoms with Gasteiger partial charge in [-0.3, -0.25) is 4.79 Å². The van der Waals surface area contributed by atoms with Gasteiger partial charge in [-0.2, -0.15) is 0 Å². The highest BCUT2D eigenvalue weighted by atomic mass is 19.2. The molecule has 1 aromatic carbocycles. The van der Waals surface area contributed by atoms with Crippen LogP contribution >= 0.6 is 0 Å². The van der Waals surface area contributed by atoms with Crippen LogP contribution in [-0.2, 0) is 4.79 Å². The van der Waals surface area contributed by atoms with E-state index in [1.165, 1.54) is 4.90 Å². The van der Waals surface area contributed by atoms with Crippen molar-refractivity contribution in [2.24, 2.45) is 5.73 Å². The van der Waals surface area contributed by atoms with Gasteiger partial charge in [-0.05, 0) is 18.9 Å². The van der Waals surface area contributed by atoms with E-state index < -0.39 is 29.5 Å². The number of amides is 1. The van der Waals surface area contributed by atoms with Crippen molar-refractivity contribution in [1.29, 1.82) is 0 Å². The van der Waals surface area contributed by atoms with Crippen molar-refractivity contribution in [2.75, 3.05) is 0 Å². The molecule has 3 nitrogen and oxygen atoms in total. The highest BCUT2D eigenvalue weighted by molar-refractivity contribution is 5.81. The van der Waals surface area contributed by atoms with Crippen molar-refractivity contribution < 1.29 is 18.0 Å². The third kappa shape index (κ3) is 2.00. The molecule has 2 unspecified atom stereocenters. The molecule has 1 aromatic rings. The number of carbonyl (C=O) groups is 1. The summed E-state index contributed by atoms with van der Waals surface area (Å²) in [6.07, 6.45) is 1.81. The predicted molar refractivity (Wildman–Crippen MR) is 61.5 cm³/mol. The fraction of sp³-hybridized carbons (Fsp3) is 0.462. The molecule has 19 heavy (non-hydrogen) atoms. The van der Waals surface area contributed by atoms with Gasteiger partial charge in [0.2, 0.25) is 5.91 Å². The van der Waals surface area contributed by atoms with Crippen LogP contribution in [0.3, 0.4) is 0 Å². The van der Waals surface area contributed by atoms with Gasteiger partial charge in [-0.15, -0.1) is 0 Å². The first-order chi connectivity index (χ1) is 8.99. The molecular formula is C13H13F3N2O. The van der Waals surface area contributed by atoms with Crippen LogP contribution < -0.4 is 5.73 Å². The Morgan fingerprint density at radius 1 is 1.11 bits per heavy atom. The molecule has 0 bridgehead atoms. The maximum absolute atomic E-state index is 13.8. The Morgan fingerprint density at radius 3 is 2.37 bits per heavy atom. The number of hydrogen-bond acceptors (Lipinski definition) is 2. The average Bonchev–Trinajstić information content (AvgIpc) is 3.11. The maximum Gasteiger partial charge on any atom is 0.225 e. The van der Waals surface area contributed by atoms with E-state index in [2.05, 4.69) is 0 Å². The van der Waals surface area contributed by atoms with Crippen LogP contribution in [0, 0.1) is 17.5 Å². The van der Waals surface area contributed by atoms with E-state index in [1.807, 2.05) is 0 Å². The second kappa shape index (κ2) is 4.23. The van der Waals surface area contributed by atoms with Gasteiger partial charge in [0.05, 0.1) is 6.04 Å². The molecule has 1 aliphatic heterocycles. The minimum atomic E-state index is -1.24. The number of hydrogen-bond donors (Lipinski definition) is 1. The fourth-order valence-electron chi connectivity index (χ4n) is 2.71. The summed E-state index contributed by atoms with van der Waals surface area (Å²) in [6, 6.07) is 0.0789. The molecule has 0 spiro atoms. The monoisotopic (exact) mass is 270 g/mol. The lowest BCUT2D eigenvalue weighted by Crippen LogP contribution is -2.35. The fourth-order valence-corrected chi connectivity index (χ4v) is 2.71. The molecule has 2 N–H and O–H groups in total. The first-order valence-electron chi connectivity index (χ1n) is 6.20. The molecule has 6 heteroatoms. The minimum Gasteiger partial charge on any atom is -0.331 e. The Kier molecular flexibility index (Phi) is 2.78. The number of nitrogens with two attached hydrogens (primary N) is 1. The smallest absolute Gasteiger partial charge is 0.225 e. The summed E-state index contributed by atoms with van der Waals surface area (Å²) in [5.74, 6) is -3.38. The average molecular weight is 270 g/mol. The zero-order valence-electron chi connectivity index (χ0n) is 10.1. The van der Waals surface area contributed by atoms with Crippen molar-refractivity contribution in [3.05, 3.63) is 35.1 Å². The van der Waals surface area contributed by atoms with E-state index in [1.54, 1.807) is 0 Å². The maximum atomic E-state index is 13.8. The standard InChI is InChI=1S/C13H13F3N2O/c14-8-4-10(16)9(15)3-7(8)13-11(17)5-12(19)18(13)6-1-2-6/h3-4,6,11,13H,1-2,5,17H2. The normalized spacial score (nSPS) is 27.2. The molecule has 0 aromatic heterocycles. The molecule has 2 fully saturated rings. The predicted octanol–water partition coefficient (Wildman–Crippen LogP) is 1.87. The molecule has 0 radical (unpaired) electrons. The van der Waals surface area contributed by atoms with Crippen LogP contribution in [0.5, 0.6) is 0 Å². The minimum absolute atomic E-state index is 0.0378. The molecule has 1 aliphatic carbocycles. The van der Waals surface area contributed by atoms with Gasteiger partial charge < -0.3 is 10.6 Å². The second-order valence-electron chi connectivity index (χ2n) is 5.13. The number of halogens is 3. The summed E-state index contributed by atoms with van der Waals surface area (Å²) >= 11 is 0. The SMILES string of the molecule is NC1CC(=O)N(C2CC2)C1c1cc(F)c(F)cc1F. The van der Waals surface area contributed by atoms with Crippen molar-refractivity contribution >= 4 is 5.91 Å². The van der Waals surface area contributed by atoms with Crippen LogP contribution in [0.1, 0.15) is 30.9 Å². The molecular weight excluding hydrogens is 257 g/mol. The second-order valence-corrected chi connectivity index (χ2v) is 5.13. The van der Waals surface area contributed by atoms with E-state index in [4.69, 9.17) is 5.73 Å². The highest BCUT2D eigenvalue weighted by Gasteiger charge is 2.46. The zero-order valence-corrected chi connectivity index (χ0v) is 10.1. The van der Waals surface area contributed by atoms with Crippen molar-refractivity contribution in [1.82, 2.24) is 4.90 Å². The number of carbonyl (C=O) groups excluding carboxylic acids is 1. The van der Waals surface area contributed by atoms with Crippen molar-refractivity contribution in [3.8, 4) is 0 Å². The van der Waals surface area contributed by atoms with Crippen molar-refractivity contribution in [2.45, 2.75) is 37.4 Å². The van der Waals surface area contributed by atoms with E-state index >= 15 is 0 Å². The largest absolute Gasteiger partial charge is 0.331 e. The number of rotatable bonds is 2. The molecule has 1 saturated carbocycles. The summed E-state index contributed by atoms with van der Waals surface area (Å²) in [5, 5.41) is 0. The lowest BCUT2D eigenvalue weighted by atomic mass is 9.99. The van der Waals surface area contributed by atoms with Crippen LogP contribution in [0.4, 0.5) is 13.2 Å². The lowest BCUT2D eigenvalue weighted by molar-refractivity contribution is -0.129. The van der Waals surface area contributed by atoms with Gasteiger partial charge in [0.25, 0.3) is 0 Å². The Morgan fingerprint density at radius 2 is 1.74 bits per heavy atom. The Labute approximate surface area is 108 Å². The lowest BCUT2D eigenvalue weighted by Gasteiger charge is -2.27. The third-order valence-corrected chi connectivity index (χ3v) is 3.70. The van der Waals surface area contributed by atoms with Gasteiger partial charge in [-0.25, -0.2) is 13.2 Å². The Bertz CT molecular complexity index is 545. The molecule has 1 heterocycles. The van der Waals surface area contributed by atoms with Gasteiger partial charge >= 0.3 is 0 Å². The van der Waals surface area contributed by atoms with Gasteiger partial charge in [0, 0.05) is 30.1 Å². The zero-order chi connectivity index (χ0) is 13.7. The molecule has 3 rings (SSSR count). The van der Waals surface area contributed by atoms with E-state index in [0.29, 0.717) is 6.07 Å². The first kappa shape index (κ1) is 12.5. The quantitative estimate of drug-likeness (QED) is 0.834. The molecule has 1 saturated heterocycles. The molecule has 2 aliphatic rings. The Balaban J connectivity index is 2.04. The summed E-state index contributed by atoms with van der Waals surface area (Å²) in [5.41, 5.74) is 5.83. The number of likely N-dealkylation sites (tertiary alicyclic amines) is 1. The summed E-state index contributed by atoms with van der Waals surface area (Å²) in [7, 11) is 0. The van der Waals surface area contributed by atoms with Crippen LogP contribution in [0.15, 0.2) is 12.1 Å². The van der Waals surface area contributed by atoms with Crippen molar-refractivity contribution in [3.63, 3.8) is 0 Å². The van der Waals surface area contributed by atoms with E-state index in [0.717, 1.165) is 18.9 Å².